The molecule has 18 heavy (non-hydrogen) atoms. The predicted molar refractivity (Wildman–Crippen MR) is 71.6 cm³/mol. The number of aliphatic hydroxyl groups is 1. The first kappa shape index (κ1) is 15.4. The van der Waals surface area contributed by atoms with Gasteiger partial charge in [0.2, 0.25) is 0 Å². The Morgan fingerprint density at radius 3 is 2.61 bits per heavy atom. The lowest BCUT2D eigenvalue weighted by atomic mass is 9.90. The smallest absolute Gasteiger partial charge is 0.304 e. The fourth-order valence-electron chi connectivity index (χ4n) is 3.06. The van der Waals surface area contributed by atoms with Gasteiger partial charge in [-0.25, -0.2) is 0 Å². The Bertz CT molecular complexity index is 245. The summed E-state index contributed by atoms with van der Waals surface area (Å²) >= 11 is 0. The Morgan fingerprint density at radius 1 is 1.28 bits per heavy atom. The minimum absolute atomic E-state index is 0.120. The van der Waals surface area contributed by atoms with E-state index in [-0.39, 0.29) is 19.1 Å². The van der Waals surface area contributed by atoms with Crippen molar-refractivity contribution < 1.29 is 15.0 Å². The van der Waals surface area contributed by atoms with Crippen molar-refractivity contribution in [1.29, 1.82) is 0 Å². The molecule has 0 spiro atoms. The van der Waals surface area contributed by atoms with Gasteiger partial charge in [0.05, 0.1) is 13.0 Å². The summed E-state index contributed by atoms with van der Waals surface area (Å²) < 4.78 is 0. The molecule has 0 radical (unpaired) electrons. The van der Waals surface area contributed by atoms with Crippen molar-refractivity contribution in [2.75, 3.05) is 13.2 Å². The molecular formula is C14H27NO3. The molecule has 1 saturated heterocycles. The molecule has 0 bridgehead atoms. The van der Waals surface area contributed by atoms with Crippen LogP contribution in [-0.2, 0) is 4.79 Å². The number of aliphatic carboxylic acids is 1. The number of hydrogen-bond acceptors (Lipinski definition) is 3. The van der Waals surface area contributed by atoms with Crippen LogP contribution in [0, 0.1) is 0 Å². The largest absolute Gasteiger partial charge is 0.481 e. The molecule has 0 amide bonds. The highest BCUT2D eigenvalue weighted by Crippen LogP contribution is 2.27. The molecule has 2 atom stereocenters. The van der Waals surface area contributed by atoms with E-state index in [9.17, 15) is 9.90 Å². The first-order valence-electron chi connectivity index (χ1n) is 7.27. The maximum Gasteiger partial charge on any atom is 0.304 e. The van der Waals surface area contributed by atoms with Gasteiger partial charge in [-0.15, -0.1) is 0 Å². The van der Waals surface area contributed by atoms with Crippen LogP contribution in [0.15, 0.2) is 0 Å². The molecule has 2 N–H and O–H groups in total. The van der Waals surface area contributed by atoms with Crippen LogP contribution in [0.3, 0.4) is 0 Å². The molecule has 0 aromatic carbocycles. The molecule has 1 fully saturated rings. The van der Waals surface area contributed by atoms with Crippen LogP contribution in [0.5, 0.6) is 0 Å². The summed E-state index contributed by atoms with van der Waals surface area (Å²) in [6, 6.07) is 0.594. The van der Waals surface area contributed by atoms with E-state index in [2.05, 4.69) is 11.8 Å². The molecule has 1 aliphatic rings. The zero-order chi connectivity index (χ0) is 13.4. The number of carboxylic acid groups (broad SMARTS) is 1. The first-order valence-corrected chi connectivity index (χ1v) is 7.27. The number of rotatable bonds is 8. The van der Waals surface area contributed by atoms with Crippen molar-refractivity contribution in [2.24, 2.45) is 0 Å². The van der Waals surface area contributed by atoms with Crippen molar-refractivity contribution in [3.63, 3.8) is 0 Å². The Balaban J connectivity index is 2.54. The Labute approximate surface area is 110 Å². The SMILES string of the molecule is CCCCC[C@H]1CCC[C@H](CC(=O)O)N1CCO. The zero-order valence-electron chi connectivity index (χ0n) is 11.5. The third kappa shape index (κ3) is 4.94. The maximum absolute atomic E-state index is 10.9. The van der Waals surface area contributed by atoms with Gasteiger partial charge in [0.15, 0.2) is 0 Å². The Morgan fingerprint density at radius 2 is 2.00 bits per heavy atom. The summed E-state index contributed by atoms with van der Waals surface area (Å²) in [5, 5.41) is 18.1. The Kier molecular flexibility index (Phi) is 7.28. The van der Waals surface area contributed by atoms with Crippen LogP contribution >= 0.6 is 0 Å². The minimum Gasteiger partial charge on any atom is -0.481 e. The molecule has 1 rings (SSSR count). The fraction of sp³-hybridized carbons (Fsp3) is 0.929. The number of carboxylic acids is 1. The van der Waals surface area contributed by atoms with Crippen LogP contribution in [0.1, 0.15) is 58.3 Å². The van der Waals surface area contributed by atoms with E-state index >= 15 is 0 Å². The molecule has 1 heterocycles. The van der Waals surface area contributed by atoms with Crippen molar-refractivity contribution in [3.8, 4) is 0 Å². The summed E-state index contributed by atoms with van der Waals surface area (Å²) in [6.45, 7) is 2.94. The lowest BCUT2D eigenvalue weighted by Gasteiger charge is -2.41. The van der Waals surface area contributed by atoms with Crippen molar-refractivity contribution in [3.05, 3.63) is 0 Å². The number of nitrogens with zero attached hydrogens (tertiary/aromatic N) is 1. The molecular weight excluding hydrogens is 230 g/mol. The Hall–Kier alpha value is -0.610. The van der Waals surface area contributed by atoms with E-state index in [1.54, 1.807) is 0 Å². The molecule has 4 heteroatoms. The number of likely N-dealkylation sites (tertiary alicyclic amines) is 1. The average Bonchev–Trinajstić information content (AvgIpc) is 2.32. The van der Waals surface area contributed by atoms with Crippen LogP contribution in [-0.4, -0.2) is 46.3 Å². The van der Waals surface area contributed by atoms with Crippen LogP contribution < -0.4 is 0 Å². The van der Waals surface area contributed by atoms with Gasteiger partial charge in [0, 0.05) is 18.6 Å². The van der Waals surface area contributed by atoms with Gasteiger partial charge in [-0.1, -0.05) is 32.6 Å². The second-order valence-corrected chi connectivity index (χ2v) is 5.29. The minimum atomic E-state index is -0.725. The second-order valence-electron chi connectivity index (χ2n) is 5.29. The molecule has 0 aromatic rings. The van der Waals surface area contributed by atoms with Gasteiger partial charge in [-0.05, 0) is 19.3 Å². The molecule has 0 aromatic heterocycles. The van der Waals surface area contributed by atoms with Gasteiger partial charge in [-0.3, -0.25) is 9.69 Å². The number of β-amino-alcohol motifs (C(OH)–C–C–N with tert-alkyl or cyclic N) is 1. The summed E-state index contributed by atoms with van der Waals surface area (Å²) in [5.74, 6) is -0.725. The first-order chi connectivity index (χ1) is 8.69. The third-order valence-corrected chi connectivity index (χ3v) is 3.92. The highest BCUT2D eigenvalue weighted by molar-refractivity contribution is 5.67. The maximum atomic E-state index is 10.9. The summed E-state index contributed by atoms with van der Waals surface area (Å²) in [4.78, 5) is 13.1. The second kappa shape index (κ2) is 8.48. The highest BCUT2D eigenvalue weighted by atomic mass is 16.4. The standard InChI is InChI=1S/C14H27NO3/c1-2-3-4-6-12-7-5-8-13(11-14(17)18)15(12)9-10-16/h12-13,16H,2-11H2,1H3,(H,17,18)/t12-,13+/m0/s1. The van der Waals surface area contributed by atoms with E-state index in [1.165, 1.54) is 19.3 Å². The highest BCUT2D eigenvalue weighted by Gasteiger charge is 2.30. The quantitative estimate of drug-likeness (QED) is 0.655. The molecule has 0 unspecified atom stereocenters. The van der Waals surface area contributed by atoms with Crippen LogP contribution in [0.4, 0.5) is 0 Å². The summed E-state index contributed by atoms with van der Waals surface area (Å²) in [7, 11) is 0. The van der Waals surface area contributed by atoms with E-state index < -0.39 is 5.97 Å². The molecule has 1 aliphatic heterocycles. The number of aliphatic hydroxyl groups excluding tert-OH is 1. The van der Waals surface area contributed by atoms with E-state index in [1.807, 2.05) is 0 Å². The monoisotopic (exact) mass is 257 g/mol. The molecule has 0 saturated carbocycles. The molecule has 106 valence electrons. The number of hydrogen-bond donors (Lipinski definition) is 2. The van der Waals surface area contributed by atoms with Gasteiger partial charge < -0.3 is 10.2 Å². The lowest BCUT2D eigenvalue weighted by molar-refractivity contribution is -0.139. The summed E-state index contributed by atoms with van der Waals surface area (Å²) in [5.41, 5.74) is 0. The fourth-order valence-corrected chi connectivity index (χ4v) is 3.06. The van der Waals surface area contributed by atoms with Crippen molar-refractivity contribution in [1.82, 2.24) is 4.90 Å². The van der Waals surface area contributed by atoms with Gasteiger partial charge in [-0.2, -0.15) is 0 Å². The van der Waals surface area contributed by atoms with Crippen molar-refractivity contribution >= 4 is 5.97 Å². The topological polar surface area (TPSA) is 60.8 Å². The number of carbonyl (C=O) groups is 1. The van der Waals surface area contributed by atoms with Crippen LogP contribution in [0.2, 0.25) is 0 Å². The summed E-state index contributed by atoms with van der Waals surface area (Å²) in [6.07, 6.45) is 8.25. The lowest BCUT2D eigenvalue weighted by Crippen LogP contribution is -2.48. The van der Waals surface area contributed by atoms with Gasteiger partial charge in [0.25, 0.3) is 0 Å². The van der Waals surface area contributed by atoms with Crippen molar-refractivity contribution in [2.45, 2.75) is 70.4 Å². The van der Waals surface area contributed by atoms with Gasteiger partial charge >= 0.3 is 5.97 Å². The predicted octanol–water partition coefficient (Wildman–Crippen LogP) is 2.26. The number of unbranched alkanes of at least 4 members (excludes halogenated alkanes) is 2. The van der Waals surface area contributed by atoms with E-state index in [0.29, 0.717) is 12.6 Å². The zero-order valence-corrected chi connectivity index (χ0v) is 11.5. The van der Waals surface area contributed by atoms with E-state index in [4.69, 9.17) is 5.11 Å². The van der Waals surface area contributed by atoms with E-state index in [0.717, 1.165) is 25.7 Å². The average molecular weight is 257 g/mol. The molecule has 4 nitrogen and oxygen atoms in total. The van der Waals surface area contributed by atoms with Crippen LogP contribution in [0.25, 0.3) is 0 Å². The van der Waals surface area contributed by atoms with Gasteiger partial charge in [0.1, 0.15) is 0 Å². The third-order valence-electron chi connectivity index (χ3n) is 3.92. The molecule has 0 aliphatic carbocycles. The number of piperidine rings is 1. The normalized spacial score (nSPS) is 25.2.